The van der Waals surface area contributed by atoms with Gasteiger partial charge in [-0.15, -0.1) is 0 Å². The summed E-state index contributed by atoms with van der Waals surface area (Å²) in [6.45, 7) is 8.22. The molecule has 31 heavy (non-hydrogen) atoms. The number of pyridine rings is 1. The van der Waals surface area contributed by atoms with Crippen LogP contribution in [0.15, 0.2) is 47.0 Å². The van der Waals surface area contributed by atoms with Gasteiger partial charge in [0.15, 0.2) is 11.5 Å². The molecule has 6 nitrogen and oxygen atoms in total. The molecule has 0 amide bonds. The zero-order chi connectivity index (χ0) is 22.2. The normalized spacial score (nSPS) is 16.8. The van der Waals surface area contributed by atoms with Gasteiger partial charge in [-0.2, -0.15) is 0 Å². The highest BCUT2D eigenvalue weighted by atomic mass is 16.6. The average Bonchev–Trinajstić information content (AvgIpc) is 3.19. The van der Waals surface area contributed by atoms with Crippen LogP contribution in [0.5, 0.6) is 17.6 Å². The fourth-order valence-electron chi connectivity index (χ4n) is 4.27. The van der Waals surface area contributed by atoms with Gasteiger partial charge in [-0.3, -0.25) is 0 Å². The van der Waals surface area contributed by atoms with E-state index < -0.39 is 5.72 Å². The van der Waals surface area contributed by atoms with Crippen molar-refractivity contribution in [3.8, 4) is 17.6 Å². The molecule has 4 rings (SSSR count). The first-order chi connectivity index (χ1) is 14.7. The molecule has 0 saturated carbocycles. The van der Waals surface area contributed by atoms with E-state index >= 15 is 0 Å². The van der Waals surface area contributed by atoms with E-state index in [1.165, 1.54) is 31.1 Å². The summed E-state index contributed by atoms with van der Waals surface area (Å²) in [5.41, 5.74) is 3.01. The summed E-state index contributed by atoms with van der Waals surface area (Å²) in [4.78, 5) is 4.14. The highest BCUT2D eigenvalue weighted by molar-refractivity contribution is 5.54. The number of methoxy groups -OCH3 is 1. The van der Waals surface area contributed by atoms with Gasteiger partial charge in [-0.25, -0.2) is 4.98 Å². The summed E-state index contributed by atoms with van der Waals surface area (Å²) in [5.74, 6) is 1.81. The van der Waals surface area contributed by atoms with E-state index in [2.05, 4.69) is 36.3 Å². The monoisotopic (exact) mass is 422 g/mol. The lowest BCUT2D eigenvalue weighted by atomic mass is 9.72. The molecule has 2 N–H and O–H groups in total. The van der Waals surface area contributed by atoms with Gasteiger partial charge in [0.2, 0.25) is 5.88 Å². The first-order valence-electron chi connectivity index (χ1n) is 10.6. The van der Waals surface area contributed by atoms with Gasteiger partial charge in [-0.1, -0.05) is 19.9 Å². The Labute approximate surface area is 183 Å². The molecule has 164 valence electrons. The molecule has 1 unspecified atom stereocenters. The third-order valence-electron chi connectivity index (χ3n) is 5.99. The second kappa shape index (κ2) is 7.93. The van der Waals surface area contributed by atoms with Crippen LogP contribution >= 0.6 is 0 Å². The summed E-state index contributed by atoms with van der Waals surface area (Å²) >= 11 is 0. The number of benzene rings is 1. The van der Waals surface area contributed by atoms with E-state index in [9.17, 15) is 5.11 Å². The number of aromatic nitrogens is 1. The quantitative estimate of drug-likeness (QED) is 0.498. The number of anilines is 1. The van der Waals surface area contributed by atoms with E-state index in [-0.39, 0.29) is 5.41 Å². The van der Waals surface area contributed by atoms with Gasteiger partial charge in [0, 0.05) is 12.3 Å². The Morgan fingerprint density at radius 1 is 1.23 bits per heavy atom. The van der Waals surface area contributed by atoms with Crippen LogP contribution in [-0.4, -0.2) is 17.2 Å². The molecule has 1 atom stereocenters. The van der Waals surface area contributed by atoms with E-state index in [1.807, 2.05) is 6.92 Å². The molecule has 1 aromatic carbocycles. The van der Waals surface area contributed by atoms with Gasteiger partial charge in [0.05, 0.1) is 12.8 Å². The number of nitrogens with one attached hydrogen (secondary N) is 1. The van der Waals surface area contributed by atoms with Crippen molar-refractivity contribution in [1.82, 2.24) is 4.98 Å². The Morgan fingerprint density at radius 3 is 2.81 bits per heavy atom. The van der Waals surface area contributed by atoms with E-state index in [4.69, 9.17) is 13.9 Å². The number of aliphatic hydroxyl groups is 1. The Bertz CT molecular complexity index is 1080. The molecule has 6 heteroatoms. The zero-order valence-corrected chi connectivity index (χ0v) is 18.8. The summed E-state index contributed by atoms with van der Waals surface area (Å²) in [7, 11) is 1.53. The molecule has 0 aliphatic heterocycles. The number of ether oxygens (including phenoxy) is 2. The van der Waals surface area contributed by atoms with Crippen LogP contribution in [0, 0.1) is 6.92 Å². The SMILES string of the molecule is COc1ncccc1NC(C)(O)c1ccc(Oc2cc3c(cc2C)CCCC3(C)C)o1. The van der Waals surface area contributed by atoms with Crippen molar-refractivity contribution < 1.29 is 19.0 Å². The molecule has 1 aliphatic carbocycles. The minimum Gasteiger partial charge on any atom is -0.480 e. The Morgan fingerprint density at radius 2 is 2.03 bits per heavy atom. The van der Waals surface area contributed by atoms with Crippen LogP contribution < -0.4 is 14.8 Å². The topological polar surface area (TPSA) is 76.8 Å². The van der Waals surface area contributed by atoms with Crippen molar-refractivity contribution in [1.29, 1.82) is 0 Å². The fraction of sp³-hybridized carbons (Fsp3) is 0.400. The number of hydrogen-bond acceptors (Lipinski definition) is 6. The maximum absolute atomic E-state index is 11.0. The van der Waals surface area contributed by atoms with Crippen LogP contribution in [0.4, 0.5) is 5.69 Å². The number of furan rings is 1. The van der Waals surface area contributed by atoms with Crippen LogP contribution in [0.2, 0.25) is 0 Å². The third kappa shape index (κ3) is 4.26. The third-order valence-corrected chi connectivity index (χ3v) is 5.99. The molecular formula is C25H30N2O4. The zero-order valence-electron chi connectivity index (χ0n) is 18.8. The fourth-order valence-corrected chi connectivity index (χ4v) is 4.27. The Balaban J connectivity index is 1.57. The second-order valence-electron chi connectivity index (χ2n) is 8.99. The molecule has 0 bridgehead atoms. The van der Waals surface area contributed by atoms with Crippen molar-refractivity contribution >= 4 is 5.69 Å². The van der Waals surface area contributed by atoms with Gasteiger partial charge in [0.25, 0.3) is 5.95 Å². The highest BCUT2D eigenvalue weighted by Crippen LogP contribution is 2.41. The first kappa shape index (κ1) is 21.2. The second-order valence-corrected chi connectivity index (χ2v) is 8.99. The van der Waals surface area contributed by atoms with Gasteiger partial charge >= 0.3 is 0 Å². The van der Waals surface area contributed by atoms with E-state index in [0.29, 0.717) is 23.3 Å². The number of fused-ring (bicyclic) bond motifs is 1. The number of hydrogen-bond donors (Lipinski definition) is 2. The van der Waals surface area contributed by atoms with Gasteiger partial charge in [-0.05, 0) is 79.5 Å². The lowest BCUT2D eigenvalue weighted by Crippen LogP contribution is -2.31. The lowest BCUT2D eigenvalue weighted by Gasteiger charge is -2.33. The first-order valence-corrected chi connectivity index (χ1v) is 10.6. The van der Waals surface area contributed by atoms with Crippen molar-refractivity contribution in [2.24, 2.45) is 0 Å². The standard InChI is InChI=1S/C25H30N2O4/c1-16-14-17-8-6-12-24(2,3)18(17)15-20(16)30-22-11-10-21(31-22)25(4,28)27-19-9-7-13-26-23(19)29-5/h7,9-11,13-15,27-28H,6,8,12H2,1-5H3. The Hall–Kier alpha value is -2.99. The predicted octanol–water partition coefficient (Wildman–Crippen LogP) is 5.67. The van der Waals surface area contributed by atoms with Gasteiger partial charge in [0.1, 0.15) is 5.75 Å². The van der Waals surface area contributed by atoms with Crippen molar-refractivity contribution in [3.63, 3.8) is 0 Å². The highest BCUT2D eigenvalue weighted by Gasteiger charge is 2.30. The number of rotatable bonds is 6. The van der Waals surface area contributed by atoms with Crippen molar-refractivity contribution in [2.75, 3.05) is 12.4 Å². The van der Waals surface area contributed by atoms with E-state index in [0.717, 1.165) is 17.7 Å². The lowest BCUT2D eigenvalue weighted by molar-refractivity contribution is 0.0603. The minimum absolute atomic E-state index is 0.129. The summed E-state index contributed by atoms with van der Waals surface area (Å²) in [5, 5.41) is 14.0. The molecule has 1 aliphatic rings. The minimum atomic E-state index is -1.48. The average molecular weight is 423 g/mol. The van der Waals surface area contributed by atoms with Crippen LogP contribution in [0.1, 0.15) is 56.1 Å². The molecular weight excluding hydrogens is 392 g/mol. The Kier molecular flexibility index (Phi) is 5.43. The maximum Gasteiger partial charge on any atom is 0.290 e. The van der Waals surface area contributed by atoms with Crippen molar-refractivity contribution in [3.05, 3.63) is 65.0 Å². The van der Waals surface area contributed by atoms with Crippen molar-refractivity contribution in [2.45, 2.75) is 58.1 Å². The molecule has 2 aromatic heterocycles. The van der Waals surface area contributed by atoms with Crippen LogP contribution in [-0.2, 0) is 17.6 Å². The van der Waals surface area contributed by atoms with Crippen LogP contribution in [0.3, 0.4) is 0 Å². The van der Waals surface area contributed by atoms with E-state index in [1.54, 1.807) is 37.4 Å². The summed E-state index contributed by atoms with van der Waals surface area (Å²) in [6, 6.07) is 11.3. The predicted molar refractivity (Wildman–Crippen MR) is 120 cm³/mol. The molecule has 3 aromatic rings. The van der Waals surface area contributed by atoms with Crippen LogP contribution in [0.25, 0.3) is 0 Å². The molecule has 0 spiro atoms. The molecule has 0 saturated heterocycles. The summed E-state index contributed by atoms with van der Waals surface area (Å²) in [6.07, 6.45) is 5.11. The number of aryl methyl sites for hydroxylation is 2. The number of nitrogens with zero attached hydrogens (tertiary/aromatic N) is 1. The molecule has 0 radical (unpaired) electrons. The molecule has 2 heterocycles. The molecule has 0 fully saturated rings. The maximum atomic E-state index is 11.0. The smallest absolute Gasteiger partial charge is 0.290 e. The summed E-state index contributed by atoms with van der Waals surface area (Å²) < 4.78 is 17.2. The van der Waals surface area contributed by atoms with Gasteiger partial charge < -0.3 is 24.3 Å². The largest absolute Gasteiger partial charge is 0.480 e.